The minimum atomic E-state index is -0.538. The predicted molar refractivity (Wildman–Crippen MR) is 80.8 cm³/mol. The van der Waals surface area contributed by atoms with Gasteiger partial charge in [0, 0.05) is 34.1 Å². The molecule has 0 aliphatic carbocycles. The molecule has 1 aromatic rings. The predicted octanol–water partition coefficient (Wildman–Crippen LogP) is 3.46. The Morgan fingerprint density at radius 3 is 2.74 bits per heavy atom. The Balaban J connectivity index is 2.04. The smallest absolute Gasteiger partial charge is 0.129 e. The topological polar surface area (TPSA) is 26.0 Å². The molecule has 0 radical (unpaired) electrons. The largest absolute Gasteiger partial charge is 0.326 e. The summed E-state index contributed by atoms with van der Waals surface area (Å²) in [6.07, 6.45) is 1.56. The molecule has 0 amide bonds. The first-order valence-electron chi connectivity index (χ1n) is 6.54. The normalized spacial score (nSPS) is 25.3. The van der Waals surface area contributed by atoms with Gasteiger partial charge < -0.3 is 5.73 Å². The molecule has 106 valence electrons. The van der Waals surface area contributed by atoms with Gasteiger partial charge in [-0.15, -0.1) is 0 Å². The van der Waals surface area contributed by atoms with Crippen molar-refractivity contribution < 1.29 is 8.78 Å². The average molecular weight is 303 g/mol. The monoisotopic (exact) mass is 303 g/mol. The van der Waals surface area contributed by atoms with E-state index in [4.69, 9.17) is 5.73 Å². The molecule has 0 aromatic heterocycles. The van der Waals surface area contributed by atoms with E-state index in [9.17, 15) is 8.78 Å². The lowest BCUT2D eigenvalue weighted by atomic mass is 10.0. The van der Waals surface area contributed by atoms with Crippen LogP contribution in [0.5, 0.6) is 0 Å². The lowest BCUT2D eigenvalue weighted by Gasteiger charge is -2.34. The minimum Gasteiger partial charge on any atom is -0.326 e. The molecule has 2 rings (SSSR count). The van der Waals surface area contributed by atoms with E-state index in [0.29, 0.717) is 22.5 Å². The van der Waals surface area contributed by atoms with Crippen LogP contribution in [0, 0.1) is 11.6 Å². The van der Waals surface area contributed by atoms with Gasteiger partial charge in [-0.3, -0.25) is 0 Å². The van der Waals surface area contributed by atoms with Crippen LogP contribution in [0.2, 0.25) is 0 Å². The van der Waals surface area contributed by atoms with Gasteiger partial charge in [0.05, 0.1) is 0 Å². The highest BCUT2D eigenvalue weighted by Crippen LogP contribution is 2.35. The van der Waals surface area contributed by atoms with Crippen molar-refractivity contribution in [3.63, 3.8) is 0 Å². The van der Waals surface area contributed by atoms with Crippen molar-refractivity contribution >= 4 is 23.5 Å². The van der Waals surface area contributed by atoms with E-state index in [2.05, 4.69) is 6.92 Å². The standard InChI is InChI=1S/C14H19F2NS2/c1-2-13-14(19-6-5-18-13)12(17)7-9-3-4-10(15)8-11(9)16/h3-4,8,12-14H,2,5-7,17H2,1H3. The van der Waals surface area contributed by atoms with Crippen molar-refractivity contribution in [3.05, 3.63) is 35.4 Å². The van der Waals surface area contributed by atoms with E-state index in [1.165, 1.54) is 12.1 Å². The Bertz CT molecular complexity index is 428. The summed E-state index contributed by atoms with van der Waals surface area (Å²) >= 11 is 3.85. The third kappa shape index (κ3) is 3.86. The van der Waals surface area contributed by atoms with Gasteiger partial charge in [-0.25, -0.2) is 8.78 Å². The number of nitrogens with two attached hydrogens (primary N) is 1. The first kappa shape index (κ1) is 15.1. The van der Waals surface area contributed by atoms with Crippen molar-refractivity contribution in [3.8, 4) is 0 Å². The van der Waals surface area contributed by atoms with Crippen LogP contribution < -0.4 is 5.73 Å². The van der Waals surface area contributed by atoms with Crippen LogP contribution >= 0.6 is 23.5 Å². The third-order valence-electron chi connectivity index (χ3n) is 3.39. The van der Waals surface area contributed by atoms with Crippen molar-refractivity contribution in [2.24, 2.45) is 5.73 Å². The molecule has 2 N–H and O–H groups in total. The van der Waals surface area contributed by atoms with Crippen LogP contribution in [-0.4, -0.2) is 28.0 Å². The minimum absolute atomic E-state index is 0.0808. The molecule has 1 aliphatic heterocycles. The lowest BCUT2D eigenvalue weighted by Crippen LogP contribution is -2.43. The molecule has 1 heterocycles. The molecule has 1 fully saturated rings. The number of hydrogen-bond acceptors (Lipinski definition) is 3. The van der Waals surface area contributed by atoms with E-state index in [-0.39, 0.29) is 6.04 Å². The maximum Gasteiger partial charge on any atom is 0.129 e. The van der Waals surface area contributed by atoms with E-state index in [0.717, 1.165) is 24.0 Å². The summed E-state index contributed by atoms with van der Waals surface area (Å²) in [5.74, 6) is 1.24. The molecule has 1 nitrogen and oxygen atoms in total. The van der Waals surface area contributed by atoms with Crippen molar-refractivity contribution in [2.45, 2.75) is 36.3 Å². The summed E-state index contributed by atoms with van der Waals surface area (Å²) in [7, 11) is 0. The van der Waals surface area contributed by atoms with Crippen LogP contribution in [0.25, 0.3) is 0 Å². The van der Waals surface area contributed by atoms with Gasteiger partial charge in [0.2, 0.25) is 0 Å². The number of hydrogen-bond donors (Lipinski definition) is 1. The Kier molecular flexibility index (Phi) is 5.54. The van der Waals surface area contributed by atoms with Gasteiger partial charge in [-0.1, -0.05) is 13.0 Å². The van der Waals surface area contributed by atoms with Crippen LogP contribution in [0.3, 0.4) is 0 Å². The first-order valence-corrected chi connectivity index (χ1v) is 8.64. The van der Waals surface area contributed by atoms with Crippen LogP contribution in [0.4, 0.5) is 8.78 Å². The Labute approximate surface area is 121 Å². The van der Waals surface area contributed by atoms with Crippen LogP contribution in [0.15, 0.2) is 18.2 Å². The van der Waals surface area contributed by atoms with E-state index < -0.39 is 11.6 Å². The molecule has 1 aliphatic rings. The van der Waals surface area contributed by atoms with Gasteiger partial charge in [0.1, 0.15) is 11.6 Å². The Morgan fingerprint density at radius 1 is 1.32 bits per heavy atom. The SMILES string of the molecule is CCC1SCCSC1C(N)Cc1ccc(F)cc1F. The zero-order valence-electron chi connectivity index (χ0n) is 10.9. The maximum absolute atomic E-state index is 13.6. The van der Waals surface area contributed by atoms with E-state index >= 15 is 0 Å². The van der Waals surface area contributed by atoms with Crippen LogP contribution in [-0.2, 0) is 6.42 Å². The highest BCUT2D eigenvalue weighted by Gasteiger charge is 2.30. The summed E-state index contributed by atoms with van der Waals surface area (Å²) in [5.41, 5.74) is 6.77. The summed E-state index contributed by atoms with van der Waals surface area (Å²) in [6.45, 7) is 2.17. The molecule has 0 saturated carbocycles. The molecule has 1 saturated heterocycles. The Hall–Kier alpha value is -0.260. The Morgan fingerprint density at radius 2 is 2.05 bits per heavy atom. The summed E-state index contributed by atoms with van der Waals surface area (Å²) < 4.78 is 26.5. The number of benzene rings is 1. The number of rotatable bonds is 4. The second-order valence-corrected chi connectivity index (χ2v) is 7.39. The highest BCUT2D eigenvalue weighted by molar-refractivity contribution is 8.07. The molecule has 19 heavy (non-hydrogen) atoms. The van der Waals surface area contributed by atoms with E-state index in [1.54, 1.807) is 0 Å². The molecular weight excluding hydrogens is 284 g/mol. The molecule has 0 spiro atoms. The molecule has 3 unspecified atom stereocenters. The molecule has 1 aromatic carbocycles. The van der Waals surface area contributed by atoms with Crippen molar-refractivity contribution in [1.29, 1.82) is 0 Å². The number of halogens is 2. The van der Waals surface area contributed by atoms with Gasteiger partial charge in [0.25, 0.3) is 0 Å². The fourth-order valence-electron chi connectivity index (χ4n) is 2.39. The van der Waals surface area contributed by atoms with Gasteiger partial charge in [-0.05, 0) is 24.5 Å². The first-order chi connectivity index (χ1) is 9.11. The van der Waals surface area contributed by atoms with Gasteiger partial charge in [0.15, 0.2) is 0 Å². The average Bonchev–Trinajstić information content (AvgIpc) is 2.41. The zero-order valence-corrected chi connectivity index (χ0v) is 12.6. The molecule has 3 atom stereocenters. The third-order valence-corrected chi connectivity index (χ3v) is 6.82. The van der Waals surface area contributed by atoms with Gasteiger partial charge >= 0.3 is 0 Å². The summed E-state index contributed by atoms with van der Waals surface area (Å²) in [4.78, 5) is 0. The molecule has 5 heteroatoms. The highest BCUT2D eigenvalue weighted by atomic mass is 32.2. The quantitative estimate of drug-likeness (QED) is 0.922. The summed E-state index contributed by atoms with van der Waals surface area (Å²) in [6, 6.07) is 3.65. The van der Waals surface area contributed by atoms with Gasteiger partial charge in [-0.2, -0.15) is 23.5 Å². The summed E-state index contributed by atoms with van der Waals surface area (Å²) in [5, 5.41) is 0.894. The second kappa shape index (κ2) is 6.95. The molecule has 0 bridgehead atoms. The number of thioether (sulfide) groups is 2. The fourth-order valence-corrected chi connectivity index (χ4v) is 5.59. The van der Waals surface area contributed by atoms with Crippen molar-refractivity contribution in [2.75, 3.05) is 11.5 Å². The fraction of sp³-hybridized carbons (Fsp3) is 0.571. The zero-order chi connectivity index (χ0) is 13.8. The maximum atomic E-state index is 13.6. The molecular formula is C14H19F2NS2. The van der Waals surface area contributed by atoms with Crippen LogP contribution in [0.1, 0.15) is 18.9 Å². The second-order valence-electron chi connectivity index (χ2n) is 4.76. The van der Waals surface area contributed by atoms with Crippen molar-refractivity contribution in [1.82, 2.24) is 0 Å². The lowest BCUT2D eigenvalue weighted by molar-refractivity contribution is 0.547. The van der Waals surface area contributed by atoms with E-state index in [1.807, 2.05) is 23.5 Å².